The third kappa shape index (κ3) is 3.10. The molecule has 4 heteroatoms. The van der Waals surface area contributed by atoms with Crippen LogP contribution in [0.2, 0.25) is 0 Å². The Bertz CT molecular complexity index is 544. The van der Waals surface area contributed by atoms with Gasteiger partial charge < -0.3 is 20.8 Å². The molecule has 2 aromatic rings. The van der Waals surface area contributed by atoms with E-state index < -0.39 is 0 Å². The van der Waals surface area contributed by atoms with Crippen molar-refractivity contribution in [2.24, 2.45) is 0 Å². The molecule has 2 rings (SSSR count). The number of aliphatic hydroxyl groups is 2. The first-order chi connectivity index (χ1) is 9.65. The van der Waals surface area contributed by atoms with Gasteiger partial charge in [0, 0.05) is 11.4 Å². The molecule has 0 radical (unpaired) electrons. The molecular weight excluding hydrogens is 252 g/mol. The van der Waals surface area contributed by atoms with E-state index in [2.05, 4.69) is 22.8 Å². The van der Waals surface area contributed by atoms with Crippen molar-refractivity contribution in [2.75, 3.05) is 24.1 Å². The lowest BCUT2D eigenvalue weighted by Gasteiger charge is -2.12. The van der Waals surface area contributed by atoms with Crippen LogP contribution in [0.4, 0.5) is 11.4 Å². The summed E-state index contributed by atoms with van der Waals surface area (Å²) in [6.45, 7) is 3.88. The summed E-state index contributed by atoms with van der Waals surface area (Å²) in [6.07, 6.45) is 0. The zero-order valence-electron chi connectivity index (χ0n) is 11.8. The SMILES string of the molecule is Cc1cc(-c2ccc(NCO)c(C)c2)ccc1NCO. The maximum absolute atomic E-state index is 8.91. The Labute approximate surface area is 119 Å². The number of nitrogens with one attached hydrogen (secondary N) is 2. The summed E-state index contributed by atoms with van der Waals surface area (Å²) < 4.78 is 0. The molecule has 106 valence electrons. The van der Waals surface area contributed by atoms with Gasteiger partial charge in [-0.15, -0.1) is 0 Å². The summed E-state index contributed by atoms with van der Waals surface area (Å²) in [6, 6.07) is 12.2. The van der Waals surface area contributed by atoms with Crippen molar-refractivity contribution >= 4 is 11.4 Å². The second-order valence-electron chi connectivity index (χ2n) is 4.73. The summed E-state index contributed by atoms with van der Waals surface area (Å²) >= 11 is 0. The number of benzene rings is 2. The van der Waals surface area contributed by atoms with Gasteiger partial charge in [0.2, 0.25) is 0 Å². The lowest BCUT2D eigenvalue weighted by molar-refractivity contribution is 0.325. The molecule has 0 fully saturated rings. The van der Waals surface area contributed by atoms with E-state index in [0.29, 0.717) is 0 Å². The molecule has 0 heterocycles. The van der Waals surface area contributed by atoms with Crippen molar-refractivity contribution < 1.29 is 10.2 Å². The largest absolute Gasteiger partial charge is 0.377 e. The number of rotatable bonds is 5. The Morgan fingerprint density at radius 3 is 1.45 bits per heavy atom. The van der Waals surface area contributed by atoms with E-state index in [9.17, 15) is 0 Å². The fourth-order valence-electron chi connectivity index (χ4n) is 2.25. The molecule has 0 aliphatic heterocycles. The minimum Gasteiger partial charge on any atom is -0.377 e. The molecule has 4 N–H and O–H groups in total. The van der Waals surface area contributed by atoms with Gasteiger partial charge in [-0.3, -0.25) is 0 Å². The molecule has 0 amide bonds. The van der Waals surface area contributed by atoms with Crippen LogP contribution in [0.3, 0.4) is 0 Å². The summed E-state index contributed by atoms with van der Waals surface area (Å²) in [5.74, 6) is 0. The molecule has 4 nitrogen and oxygen atoms in total. The van der Waals surface area contributed by atoms with Crippen LogP contribution in [0, 0.1) is 13.8 Å². The molecule has 0 bridgehead atoms. The highest BCUT2D eigenvalue weighted by Crippen LogP contribution is 2.27. The molecule has 2 aromatic carbocycles. The van der Waals surface area contributed by atoms with Crippen molar-refractivity contribution in [3.8, 4) is 11.1 Å². The minimum atomic E-state index is -0.0686. The fourth-order valence-corrected chi connectivity index (χ4v) is 2.25. The third-order valence-corrected chi connectivity index (χ3v) is 3.33. The Balaban J connectivity index is 2.32. The molecular formula is C16H20N2O2. The standard InChI is InChI=1S/C16H20N2O2/c1-11-7-13(3-5-15(11)17-9-19)14-4-6-16(18-10-20)12(2)8-14/h3-8,17-20H,9-10H2,1-2H3. The minimum absolute atomic E-state index is 0.0686. The molecule has 0 aliphatic carbocycles. The zero-order chi connectivity index (χ0) is 14.5. The predicted molar refractivity (Wildman–Crippen MR) is 82.8 cm³/mol. The number of hydrogen-bond donors (Lipinski definition) is 4. The second-order valence-corrected chi connectivity index (χ2v) is 4.73. The first kappa shape index (κ1) is 14.4. The van der Waals surface area contributed by atoms with Gasteiger partial charge >= 0.3 is 0 Å². The van der Waals surface area contributed by atoms with Crippen LogP contribution in [0.5, 0.6) is 0 Å². The van der Waals surface area contributed by atoms with E-state index in [-0.39, 0.29) is 13.5 Å². The lowest BCUT2D eigenvalue weighted by Crippen LogP contribution is -2.02. The van der Waals surface area contributed by atoms with Crippen molar-refractivity contribution in [3.63, 3.8) is 0 Å². The van der Waals surface area contributed by atoms with E-state index in [1.54, 1.807) is 0 Å². The first-order valence-corrected chi connectivity index (χ1v) is 6.57. The van der Waals surface area contributed by atoms with Crippen LogP contribution < -0.4 is 10.6 Å². The molecule has 0 unspecified atom stereocenters. The van der Waals surface area contributed by atoms with Gasteiger partial charge in [0.1, 0.15) is 13.5 Å². The molecule has 0 saturated heterocycles. The van der Waals surface area contributed by atoms with Gasteiger partial charge in [0.15, 0.2) is 0 Å². The summed E-state index contributed by atoms with van der Waals surface area (Å²) in [5.41, 5.74) is 6.31. The topological polar surface area (TPSA) is 64.5 Å². The van der Waals surface area contributed by atoms with Gasteiger partial charge in [-0.05, 0) is 60.4 Å². The van der Waals surface area contributed by atoms with Crippen molar-refractivity contribution in [1.29, 1.82) is 0 Å². The molecule has 0 saturated carbocycles. The Morgan fingerprint density at radius 1 is 0.750 bits per heavy atom. The molecule has 0 aromatic heterocycles. The van der Waals surface area contributed by atoms with Crippen LogP contribution in [0.15, 0.2) is 36.4 Å². The average molecular weight is 272 g/mol. The summed E-state index contributed by atoms with van der Waals surface area (Å²) in [7, 11) is 0. The number of anilines is 2. The van der Waals surface area contributed by atoms with E-state index in [1.807, 2.05) is 38.1 Å². The molecule has 0 aliphatic rings. The van der Waals surface area contributed by atoms with E-state index >= 15 is 0 Å². The third-order valence-electron chi connectivity index (χ3n) is 3.33. The summed E-state index contributed by atoms with van der Waals surface area (Å²) in [5, 5.41) is 23.6. The van der Waals surface area contributed by atoms with Crippen LogP contribution in [-0.4, -0.2) is 23.7 Å². The van der Waals surface area contributed by atoms with Gasteiger partial charge in [-0.1, -0.05) is 12.1 Å². The van der Waals surface area contributed by atoms with E-state index in [4.69, 9.17) is 10.2 Å². The maximum Gasteiger partial charge on any atom is 0.113 e. The van der Waals surface area contributed by atoms with Crippen molar-refractivity contribution in [1.82, 2.24) is 0 Å². The van der Waals surface area contributed by atoms with Crippen LogP contribution in [0.1, 0.15) is 11.1 Å². The monoisotopic (exact) mass is 272 g/mol. The highest BCUT2D eigenvalue weighted by atomic mass is 16.3. The van der Waals surface area contributed by atoms with Crippen molar-refractivity contribution in [3.05, 3.63) is 47.5 Å². The van der Waals surface area contributed by atoms with Crippen LogP contribution in [-0.2, 0) is 0 Å². The first-order valence-electron chi connectivity index (χ1n) is 6.57. The Kier molecular flexibility index (Phi) is 4.61. The number of aryl methyl sites for hydroxylation is 2. The van der Waals surface area contributed by atoms with Crippen molar-refractivity contribution in [2.45, 2.75) is 13.8 Å². The zero-order valence-corrected chi connectivity index (χ0v) is 11.8. The van der Waals surface area contributed by atoms with Gasteiger partial charge in [-0.25, -0.2) is 0 Å². The van der Waals surface area contributed by atoms with Gasteiger partial charge in [0.25, 0.3) is 0 Å². The van der Waals surface area contributed by atoms with Crippen LogP contribution >= 0.6 is 0 Å². The second kappa shape index (κ2) is 6.41. The van der Waals surface area contributed by atoms with E-state index in [0.717, 1.165) is 33.6 Å². The normalized spacial score (nSPS) is 10.4. The Morgan fingerprint density at radius 2 is 1.15 bits per heavy atom. The molecule has 0 spiro atoms. The van der Waals surface area contributed by atoms with Gasteiger partial charge in [0.05, 0.1) is 0 Å². The smallest absolute Gasteiger partial charge is 0.113 e. The highest BCUT2D eigenvalue weighted by molar-refractivity contribution is 5.71. The predicted octanol–water partition coefficient (Wildman–Crippen LogP) is 2.69. The molecule has 0 atom stereocenters. The maximum atomic E-state index is 8.91. The Hall–Kier alpha value is -2.04. The molecule has 20 heavy (non-hydrogen) atoms. The van der Waals surface area contributed by atoms with E-state index in [1.165, 1.54) is 0 Å². The van der Waals surface area contributed by atoms with Gasteiger partial charge in [-0.2, -0.15) is 0 Å². The summed E-state index contributed by atoms with van der Waals surface area (Å²) in [4.78, 5) is 0. The number of hydrogen-bond acceptors (Lipinski definition) is 4. The van der Waals surface area contributed by atoms with Crippen LogP contribution in [0.25, 0.3) is 11.1 Å². The quantitative estimate of drug-likeness (QED) is 0.632. The lowest BCUT2D eigenvalue weighted by atomic mass is 10.00. The average Bonchev–Trinajstić information content (AvgIpc) is 2.44. The number of aliphatic hydroxyl groups excluding tert-OH is 2. The fraction of sp³-hybridized carbons (Fsp3) is 0.250. The highest BCUT2D eigenvalue weighted by Gasteiger charge is 2.04.